The van der Waals surface area contributed by atoms with Crippen LogP contribution in [0.4, 0.5) is 0 Å². The van der Waals surface area contributed by atoms with Crippen molar-refractivity contribution in [2.75, 3.05) is 33.5 Å². The Morgan fingerprint density at radius 1 is 1.02 bits per heavy atom. The van der Waals surface area contributed by atoms with E-state index in [0.29, 0.717) is 11.5 Å². The summed E-state index contributed by atoms with van der Waals surface area (Å²) in [4.78, 5) is 26.3. The van der Waals surface area contributed by atoms with Crippen LogP contribution in [0.25, 0.3) is 0 Å². The van der Waals surface area contributed by atoms with Gasteiger partial charge in [-0.2, -0.15) is 4.31 Å². The highest BCUT2D eigenvalue weighted by Crippen LogP contribution is 2.35. The first kappa shape index (κ1) is 33.3. The summed E-state index contributed by atoms with van der Waals surface area (Å²) in [7, 11) is -2.47. The average molecular weight is 605 g/mol. The maximum Gasteiger partial charge on any atom is 0.252 e. The molecule has 3 atom stereocenters. The number of carbonyl (C=O) groups is 2. The molecule has 0 saturated carbocycles. The smallest absolute Gasteiger partial charge is 0.252 e. The highest BCUT2D eigenvalue weighted by atomic mass is 32.2. The van der Waals surface area contributed by atoms with Crippen molar-refractivity contribution >= 4 is 21.8 Å². The minimum atomic E-state index is -4.08. The Labute approximate surface area is 249 Å². The largest absolute Gasteiger partial charge is 0.454 e. The number of sulfonamides is 1. The number of carbonyl (C=O) groups excluding carboxylic acids is 2. The number of ether oxygens (including phenoxy) is 2. The van der Waals surface area contributed by atoms with Crippen molar-refractivity contribution < 1.29 is 32.6 Å². The quantitative estimate of drug-likeness (QED) is 0.264. The third-order valence-electron chi connectivity index (χ3n) is 7.08. The van der Waals surface area contributed by atoms with Gasteiger partial charge in [-0.3, -0.25) is 15.0 Å². The number of likely N-dealkylation sites (N-methyl/N-ethyl adjacent to an activating group) is 1. The van der Waals surface area contributed by atoms with Crippen molar-refractivity contribution in [2.24, 2.45) is 11.8 Å². The van der Waals surface area contributed by atoms with Crippen LogP contribution in [0.3, 0.4) is 0 Å². The van der Waals surface area contributed by atoms with Crippen LogP contribution in [0.5, 0.6) is 11.5 Å². The van der Waals surface area contributed by atoms with Crippen molar-refractivity contribution in [3.05, 3.63) is 54.1 Å². The Kier molecular flexibility index (Phi) is 12.2. The number of benzene rings is 2. The van der Waals surface area contributed by atoms with Gasteiger partial charge in [-0.05, 0) is 43.0 Å². The third-order valence-corrected chi connectivity index (χ3v) is 8.90. The Hall–Kier alpha value is -3.19. The van der Waals surface area contributed by atoms with Crippen LogP contribution in [-0.4, -0.2) is 80.3 Å². The summed E-state index contributed by atoms with van der Waals surface area (Å²) in [6.07, 6.45) is -0.248. The number of hydrogen-bond donors (Lipinski definition) is 3. The molecule has 0 aliphatic carbocycles. The first-order valence-electron chi connectivity index (χ1n) is 14.3. The van der Waals surface area contributed by atoms with E-state index in [9.17, 15) is 23.1 Å². The van der Waals surface area contributed by atoms with E-state index in [0.717, 1.165) is 12.0 Å². The molecule has 0 radical (unpaired) electrons. The van der Waals surface area contributed by atoms with E-state index in [1.54, 1.807) is 13.1 Å². The van der Waals surface area contributed by atoms with Gasteiger partial charge in [-0.25, -0.2) is 13.4 Å². The molecular weight excluding hydrogens is 560 g/mol. The zero-order chi connectivity index (χ0) is 30.9. The molecule has 2 aromatic carbocycles. The lowest BCUT2D eigenvalue weighted by Crippen LogP contribution is -2.60. The lowest BCUT2D eigenvalue weighted by molar-refractivity contribution is -0.148. The highest BCUT2D eigenvalue weighted by Gasteiger charge is 2.36. The molecule has 0 unspecified atom stereocenters. The molecule has 1 aliphatic heterocycles. The number of nitrogens with zero attached hydrogens (tertiary/aromatic N) is 2. The van der Waals surface area contributed by atoms with Gasteiger partial charge in [0.05, 0.1) is 23.6 Å². The number of rotatable bonds is 15. The van der Waals surface area contributed by atoms with E-state index in [4.69, 9.17) is 9.47 Å². The molecule has 0 fully saturated rings. The molecule has 2 amide bonds. The van der Waals surface area contributed by atoms with Crippen LogP contribution < -0.4 is 20.2 Å². The van der Waals surface area contributed by atoms with Crippen molar-refractivity contribution in [1.82, 2.24) is 20.1 Å². The van der Waals surface area contributed by atoms with E-state index < -0.39 is 28.1 Å². The molecule has 12 heteroatoms. The number of fused-ring (bicyclic) bond motifs is 1. The molecule has 42 heavy (non-hydrogen) atoms. The molecule has 0 spiro atoms. The number of hydrogen-bond acceptors (Lipinski definition) is 8. The van der Waals surface area contributed by atoms with Crippen LogP contribution in [-0.2, 0) is 26.0 Å². The van der Waals surface area contributed by atoms with E-state index in [-0.39, 0.29) is 61.9 Å². The summed E-state index contributed by atoms with van der Waals surface area (Å²) in [6, 6.07) is 12.7. The molecule has 2 aromatic rings. The van der Waals surface area contributed by atoms with Gasteiger partial charge in [0.25, 0.3) is 5.91 Å². The highest BCUT2D eigenvalue weighted by molar-refractivity contribution is 7.89. The van der Waals surface area contributed by atoms with Crippen molar-refractivity contribution in [1.29, 1.82) is 0 Å². The number of aliphatic hydroxyl groups excluding tert-OH is 1. The Bertz CT molecular complexity index is 1290. The summed E-state index contributed by atoms with van der Waals surface area (Å²) in [5, 5.41) is 15.7. The Morgan fingerprint density at radius 2 is 1.71 bits per heavy atom. The number of aliphatic hydroxyl groups is 1. The maximum absolute atomic E-state index is 13.9. The van der Waals surface area contributed by atoms with Gasteiger partial charge >= 0.3 is 0 Å². The molecule has 0 aromatic heterocycles. The van der Waals surface area contributed by atoms with Crippen molar-refractivity contribution in [3.8, 4) is 11.5 Å². The lowest BCUT2D eigenvalue weighted by Gasteiger charge is -2.37. The summed E-state index contributed by atoms with van der Waals surface area (Å²) in [5.41, 5.74) is 3.50. The Morgan fingerprint density at radius 3 is 2.36 bits per heavy atom. The molecule has 3 N–H and O–H groups in total. The van der Waals surface area contributed by atoms with Crippen LogP contribution in [0.1, 0.15) is 46.1 Å². The van der Waals surface area contributed by atoms with Gasteiger partial charge in [-0.15, -0.1) is 0 Å². The first-order chi connectivity index (χ1) is 20.0. The number of hydrazine groups is 1. The van der Waals surface area contributed by atoms with Gasteiger partial charge in [0.1, 0.15) is 0 Å². The van der Waals surface area contributed by atoms with Gasteiger partial charge in [-0.1, -0.05) is 64.4 Å². The summed E-state index contributed by atoms with van der Waals surface area (Å²) in [5.74, 6) is -0.0427. The van der Waals surface area contributed by atoms with E-state index in [1.807, 2.05) is 58.0 Å². The number of amides is 2. The predicted molar refractivity (Wildman–Crippen MR) is 159 cm³/mol. The SMILES string of the molecule is CC[C@H](C)CC(=O)N(NC(=O)CNC)[C@@H](Cc1ccccc1)[C@H](O)CN(CC(C)C)S(=O)(=O)c1ccc2c(c1)OCO2. The van der Waals surface area contributed by atoms with Gasteiger partial charge in [0.15, 0.2) is 11.5 Å². The monoisotopic (exact) mass is 604 g/mol. The minimum absolute atomic E-state index is 0.00577. The zero-order valence-corrected chi connectivity index (χ0v) is 25.9. The first-order valence-corrected chi connectivity index (χ1v) is 15.8. The molecule has 1 heterocycles. The Balaban J connectivity index is 2.00. The maximum atomic E-state index is 13.9. The lowest BCUT2D eigenvalue weighted by atomic mass is 9.98. The number of nitrogens with one attached hydrogen (secondary N) is 2. The summed E-state index contributed by atoms with van der Waals surface area (Å²) >= 11 is 0. The normalized spacial score (nSPS) is 15.0. The topological polar surface area (TPSA) is 138 Å². The molecule has 232 valence electrons. The van der Waals surface area contributed by atoms with E-state index in [2.05, 4.69) is 10.7 Å². The van der Waals surface area contributed by atoms with Crippen LogP contribution in [0.2, 0.25) is 0 Å². The molecule has 3 rings (SSSR count). The second-order valence-corrected chi connectivity index (χ2v) is 13.0. The summed E-state index contributed by atoms with van der Waals surface area (Å²) in [6.45, 7) is 7.47. The van der Waals surface area contributed by atoms with Crippen LogP contribution in [0, 0.1) is 11.8 Å². The zero-order valence-electron chi connectivity index (χ0n) is 25.1. The summed E-state index contributed by atoms with van der Waals surface area (Å²) < 4.78 is 39.7. The fourth-order valence-electron chi connectivity index (χ4n) is 4.66. The van der Waals surface area contributed by atoms with E-state index in [1.165, 1.54) is 21.4 Å². The second-order valence-electron chi connectivity index (χ2n) is 11.1. The fourth-order valence-corrected chi connectivity index (χ4v) is 6.29. The molecule has 11 nitrogen and oxygen atoms in total. The van der Waals surface area contributed by atoms with Gasteiger partial charge < -0.3 is 19.9 Å². The van der Waals surface area contributed by atoms with Gasteiger partial charge in [0.2, 0.25) is 22.7 Å². The average Bonchev–Trinajstić information content (AvgIpc) is 3.43. The van der Waals surface area contributed by atoms with E-state index >= 15 is 0 Å². The third kappa shape index (κ3) is 8.90. The second kappa shape index (κ2) is 15.3. The predicted octanol–water partition coefficient (Wildman–Crippen LogP) is 2.55. The molecule has 1 aliphatic rings. The standard InChI is InChI=1S/C30H44N4O7S/c1-6-22(4)14-30(37)34(32-29(36)17-31-5)25(15-23-10-8-7-9-11-23)26(35)19-33(18-21(2)3)42(38,39)24-12-13-27-28(16-24)41-20-40-27/h7-13,16,21-22,25-26,31,35H,6,14-15,17-20H2,1-5H3,(H,32,36)/t22-,25-,26+/m0/s1. The van der Waals surface area contributed by atoms with Gasteiger partial charge in [0, 0.05) is 25.6 Å². The molecular formula is C30H44N4O7S. The van der Waals surface area contributed by atoms with Crippen LogP contribution in [0.15, 0.2) is 53.4 Å². The fraction of sp³-hybridized carbons (Fsp3) is 0.533. The molecule has 0 saturated heterocycles. The minimum Gasteiger partial charge on any atom is -0.454 e. The molecule has 0 bridgehead atoms. The van der Waals surface area contributed by atoms with Crippen molar-refractivity contribution in [2.45, 2.75) is 64.0 Å². The van der Waals surface area contributed by atoms with Crippen LogP contribution >= 0.6 is 0 Å². The van der Waals surface area contributed by atoms with Crippen molar-refractivity contribution in [3.63, 3.8) is 0 Å².